The maximum atomic E-state index is 5.51. The molecule has 0 atom stereocenters. The lowest BCUT2D eigenvalue weighted by Crippen LogP contribution is -2.15. The van der Waals surface area contributed by atoms with Gasteiger partial charge >= 0.3 is 0 Å². The second-order valence-electron chi connectivity index (χ2n) is 7.67. The van der Waals surface area contributed by atoms with E-state index in [2.05, 4.69) is 13.8 Å². The maximum Gasteiger partial charge on any atom is 0.0701 e. The van der Waals surface area contributed by atoms with Crippen LogP contribution in [-0.4, -0.2) is 106 Å². The van der Waals surface area contributed by atoms with Crippen LogP contribution in [0, 0.1) is 0 Å². The van der Waals surface area contributed by atoms with E-state index in [0.29, 0.717) is 92.5 Å². The van der Waals surface area contributed by atoms with Crippen molar-refractivity contribution in [3.8, 4) is 0 Å². The minimum absolute atomic E-state index is 0.552. The molecule has 0 N–H and O–H groups in total. The Kier molecular flexibility index (Phi) is 31.4. The van der Waals surface area contributed by atoms with E-state index < -0.39 is 0 Å². The Balaban J connectivity index is 2.99. The molecular formula is C25H52O8. The molecule has 0 saturated carbocycles. The van der Waals surface area contributed by atoms with Gasteiger partial charge in [-0.05, 0) is 12.8 Å². The lowest BCUT2D eigenvalue weighted by atomic mass is 10.2. The van der Waals surface area contributed by atoms with Gasteiger partial charge in [0.15, 0.2) is 0 Å². The molecule has 8 heteroatoms. The van der Waals surface area contributed by atoms with Crippen molar-refractivity contribution in [3.63, 3.8) is 0 Å². The second kappa shape index (κ2) is 31.7. The maximum absolute atomic E-state index is 5.51. The molecule has 0 radical (unpaired) electrons. The van der Waals surface area contributed by atoms with Gasteiger partial charge in [0, 0.05) is 13.2 Å². The molecule has 0 spiro atoms. The Bertz CT molecular complexity index is 304. The van der Waals surface area contributed by atoms with Crippen LogP contribution in [0.15, 0.2) is 0 Å². The molecule has 8 nitrogen and oxygen atoms in total. The van der Waals surface area contributed by atoms with Crippen LogP contribution >= 0.6 is 0 Å². The monoisotopic (exact) mass is 480 g/mol. The summed E-state index contributed by atoms with van der Waals surface area (Å²) >= 11 is 0. The van der Waals surface area contributed by atoms with Gasteiger partial charge in [-0.2, -0.15) is 0 Å². The van der Waals surface area contributed by atoms with Crippen molar-refractivity contribution in [3.05, 3.63) is 0 Å². The van der Waals surface area contributed by atoms with Crippen LogP contribution in [0.25, 0.3) is 0 Å². The van der Waals surface area contributed by atoms with Gasteiger partial charge in [-0.3, -0.25) is 0 Å². The highest BCUT2D eigenvalue weighted by atomic mass is 16.6. The number of ether oxygens (including phenoxy) is 8. The van der Waals surface area contributed by atoms with Gasteiger partial charge in [0.25, 0.3) is 0 Å². The summed E-state index contributed by atoms with van der Waals surface area (Å²) in [5, 5.41) is 0. The third kappa shape index (κ3) is 31.7. The lowest BCUT2D eigenvalue weighted by molar-refractivity contribution is -0.0232. The summed E-state index contributed by atoms with van der Waals surface area (Å²) in [4.78, 5) is 0. The fourth-order valence-electron chi connectivity index (χ4n) is 2.73. The molecule has 0 aromatic heterocycles. The fourth-order valence-corrected chi connectivity index (χ4v) is 2.73. The summed E-state index contributed by atoms with van der Waals surface area (Å²) in [5.41, 5.74) is 0. The minimum atomic E-state index is 0.552. The predicted molar refractivity (Wildman–Crippen MR) is 130 cm³/mol. The van der Waals surface area contributed by atoms with Crippen molar-refractivity contribution in [2.24, 2.45) is 0 Å². The molecule has 0 aromatic carbocycles. The lowest BCUT2D eigenvalue weighted by Gasteiger charge is -2.08. The topological polar surface area (TPSA) is 73.8 Å². The van der Waals surface area contributed by atoms with Crippen molar-refractivity contribution in [2.75, 3.05) is 106 Å². The van der Waals surface area contributed by atoms with E-state index in [1.807, 2.05) is 0 Å². The standard InChI is InChI=1S/C25H52O8/c1-3-5-7-9-11-27-13-15-29-17-19-31-21-23-33-25-24-32-22-20-30-18-16-28-14-12-26-10-8-6-4-2/h3-25H2,1-2H3. The van der Waals surface area contributed by atoms with Gasteiger partial charge in [-0.25, -0.2) is 0 Å². The average molecular weight is 481 g/mol. The number of hydrogen-bond donors (Lipinski definition) is 0. The van der Waals surface area contributed by atoms with E-state index in [-0.39, 0.29) is 0 Å². The average Bonchev–Trinajstić information content (AvgIpc) is 2.83. The molecule has 33 heavy (non-hydrogen) atoms. The Morgan fingerprint density at radius 1 is 0.242 bits per heavy atom. The van der Waals surface area contributed by atoms with Gasteiger partial charge in [0.2, 0.25) is 0 Å². The Morgan fingerprint density at radius 2 is 0.455 bits per heavy atom. The predicted octanol–water partition coefficient (Wildman–Crippen LogP) is 3.89. The highest BCUT2D eigenvalue weighted by Gasteiger charge is 1.95. The largest absolute Gasteiger partial charge is 0.379 e. The first-order chi connectivity index (χ1) is 16.4. The summed E-state index contributed by atoms with van der Waals surface area (Å²) in [6.45, 7) is 14.3. The van der Waals surface area contributed by atoms with Crippen molar-refractivity contribution in [2.45, 2.75) is 58.8 Å². The Labute approximate surface area is 202 Å². The van der Waals surface area contributed by atoms with E-state index in [4.69, 9.17) is 37.9 Å². The molecule has 0 aliphatic rings. The van der Waals surface area contributed by atoms with Crippen molar-refractivity contribution in [1.82, 2.24) is 0 Å². The quantitative estimate of drug-likeness (QED) is 0.143. The van der Waals surface area contributed by atoms with E-state index in [9.17, 15) is 0 Å². The molecule has 0 unspecified atom stereocenters. The minimum Gasteiger partial charge on any atom is -0.379 e. The van der Waals surface area contributed by atoms with Gasteiger partial charge < -0.3 is 37.9 Å². The van der Waals surface area contributed by atoms with Gasteiger partial charge in [0.05, 0.1) is 92.5 Å². The summed E-state index contributed by atoms with van der Waals surface area (Å²) in [6.07, 6.45) is 8.50. The van der Waals surface area contributed by atoms with Gasteiger partial charge in [-0.15, -0.1) is 0 Å². The molecule has 0 amide bonds. The first-order valence-electron chi connectivity index (χ1n) is 13.0. The highest BCUT2D eigenvalue weighted by Crippen LogP contribution is 1.98. The SMILES string of the molecule is CCCCCCOCCOCCOCCOCCOCCOCCOCCOCCCCC. The highest BCUT2D eigenvalue weighted by molar-refractivity contribution is 4.41. The third-order valence-corrected chi connectivity index (χ3v) is 4.64. The zero-order chi connectivity index (χ0) is 23.9. The van der Waals surface area contributed by atoms with Gasteiger partial charge in [-0.1, -0.05) is 46.0 Å². The smallest absolute Gasteiger partial charge is 0.0701 e. The molecule has 0 aliphatic carbocycles. The van der Waals surface area contributed by atoms with Crippen molar-refractivity contribution >= 4 is 0 Å². The van der Waals surface area contributed by atoms with Crippen LogP contribution < -0.4 is 0 Å². The first kappa shape index (κ1) is 32.7. The summed E-state index contributed by atoms with van der Waals surface area (Å²) < 4.78 is 43.7. The summed E-state index contributed by atoms with van der Waals surface area (Å²) in [7, 11) is 0. The molecular weight excluding hydrogens is 428 g/mol. The molecule has 0 bridgehead atoms. The molecule has 0 rings (SSSR count). The van der Waals surface area contributed by atoms with Crippen molar-refractivity contribution < 1.29 is 37.9 Å². The number of hydrogen-bond acceptors (Lipinski definition) is 8. The van der Waals surface area contributed by atoms with Crippen LogP contribution in [0.5, 0.6) is 0 Å². The van der Waals surface area contributed by atoms with Crippen LogP contribution in [0.4, 0.5) is 0 Å². The first-order valence-corrected chi connectivity index (χ1v) is 13.0. The van der Waals surface area contributed by atoms with E-state index >= 15 is 0 Å². The van der Waals surface area contributed by atoms with Crippen LogP contribution in [0.2, 0.25) is 0 Å². The number of rotatable bonds is 30. The van der Waals surface area contributed by atoms with Crippen LogP contribution in [0.3, 0.4) is 0 Å². The molecule has 0 aromatic rings. The number of unbranched alkanes of at least 4 members (excludes halogenated alkanes) is 5. The summed E-state index contributed by atoms with van der Waals surface area (Å²) in [5.74, 6) is 0. The van der Waals surface area contributed by atoms with E-state index in [1.54, 1.807) is 0 Å². The Hall–Kier alpha value is -0.320. The van der Waals surface area contributed by atoms with E-state index in [1.165, 1.54) is 32.1 Å². The third-order valence-electron chi connectivity index (χ3n) is 4.64. The van der Waals surface area contributed by atoms with Gasteiger partial charge in [0.1, 0.15) is 0 Å². The van der Waals surface area contributed by atoms with Crippen molar-refractivity contribution in [1.29, 1.82) is 0 Å². The molecule has 0 aliphatic heterocycles. The second-order valence-corrected chi connectivity index (χ2v) is 7.67. The summed E-state index contributed by atoms with van der Waals surface area (Å²) in [6, 6.07) is 0. The van der Waals surface area contributed by atoms with Crippen LogP contribution in [-0.2, 0) is 37.9 Å². The normalized spacial score (nSPS) is 11.5. The molecule has 200 valence electrons. The Morgan fingerprint density at radius 3 is 0.727 bits per heavy atom. The molecule has 0 heterocycles. The van der Waals surface area contributed by atoms with Crippen LogP contribution in [0.1, 0.15) is 58.8 Å². The molecule has 0 fully saturated rings. The molecule has 0 saturated heterocycles. The fraction of sp³-hybridized carbons (Fsp3) is 1.00. The van der Waals surface area contributed by atoms with E-state index in [0.717, 1.165) is 26.1 Å². The zero-order valence-corrected chi connectivity index (χ0v) is 21.5. The zero-order valence-electron chi connectivity index (χ0n) is 21.5.